The summed E-state index contributed by atoms with van der Waals surface area (Å²) in [7, 11) is 0. The molecule has 1 amide bonds. The highest BCUT2D eigenvalue weighted by Gasteiger charge is 2.13. The zero-order valence-electron chi connectivity index (χ0n) is 9.94. The summed E-state index contributed by atoms with van der Waals surface area (Å²) in [5.74, 6) is 0.0141. The lowest BCUT2D eigenvalue weighted by molar-refractivity contribution is -0.124. The van der Waals surface area contributed by atoms with Crippen LogP contribution in [0, 0.1) is 0 Å². The van der Waals surface area contributed by atoms with Crippen LogP contribution in [0.3, 0.4) is 0 Å². The van der Waals surface area contributed by atoms with E-state index in [4.69, 9.17) is 0 Å². The highest BCUT2D eigenvalue weighted by atomic mass is 16.2. The molecule has 0 fully saturated rings. The molecule has 0 aliphatic heterocycles. The molecule has 1 atom stereocenters. The first-order valence-corrected chi connectivity index (χ1v) is 5.73. The number of nitrogens with zero attached hydrogens (tertiary/aromatic N) is 2. The van der Waals surface area contributed by atoms with Gasteiger partial charge in [0.1, 0.15) is 6.04 Å². The second kappa shape index (κ2) is 7.00. The molecular weight excluding hydrogens is 204 g/mol. The van der Waals surface area contributed by atoms with Crippen molar-refractivity contribution in [3.63, 3.8) is 0 Å². The molecule has 0 bridgehead atoms. The Morgan fingerprint density at radius 3 is 2.94 bits per heavy atom. The van der Waals surface area contributed by atoms with Crippen LogP contribution in [0.15, 0.2) is 18.5 Å². The zero-order chi connectivity index (χ0) is 11.8. The van der Waals surface area contributed by atoms with Gasteiger partial charge in [-0.3, -0.25) is 9.48 Å². The molecule has 1 heterocycles. The molecule has 1 aromatic rings. The number of hydrogen-bond acceptors (Lipinski definition) is 3. The van der Waals surface area contributed by atoms with Crippen LogP contribution in [0.4, 0.5) is 0 Å². The summed E-state index contributed by atoms with van der Waals surface area (Å²) in [5.41, 5.74) is 0. The van der Waals surface area contributed by atoms with Crippen molar-refractivity contribution in [1.29, 1.82) is 0 Å². The van der Waals surface area contributed by atoms with Crippen LogP contribution < -0.4 is 10.6 Å². The third-order valence-corrected chi connectivity index (χ3v) is 2.38. The summed E-state index contributed by atoms with van der Waals surface area (Å²) in [6, 6.07) is 1.57. The fourth-order valence-electron chi connectivity index (χ4n) is 1.38. The minimum Gasteiger partial charge on any atom is -0.354 e. The Morgan fingerprint density at radius 2 is 2.31 bits per heavy atom. The molecule has 0 saturated carbocycles. The maximum atomic E-state index is 11.7. The van der Waals surface area contributed by atoms with E-state index in [2.05, 4.69) is 22.7 Å². The first kappa shape index (κ1) is 12.7. The van der Waals surface area contributed by atoms with E-state index in [0.717, 1.165) is 19.5 Å². The largest absolute Gasteiger partial charge is 0.354 e. The third-order valence-electron chi connectivity index (χ3n) is 2.38. The van der Waals surface area contributed by atoms with E-state index >= 15 is 0 Å². The number of rotatable bonds is 7. The topological polar surface area (TPSA) is 58.9 Å². The van der Waals surface area contributed by atoms with Crippen molar-refractivity contribution in [3.8, 4) is 0 Å². The second-order valence-electron chi connectivity index (χ2n) is 3.66. The van der Waals surface area contributed by atoms with Crippen LogP contribution in [0.5, 0.6) is 0 Å². The molecule has 90 valence electrons. The number of carbonyl (C=O) groups is 1. The second-order valence-corrected chi connectivity index (χ2v) is 3.66. The molecule has 1 unspecified atom stereocenters. The summed E-state index contributed by atoms with van der Waals surface area (Å²) < 4.78 is 1.65. The van der Waals surface area contributed by atoms with Gasteiger partial charge in [-0.2, -0.15) is 5.10 Å². The molecule has 1 aromatic heterocycles. The lowest BCUT2D eigenvalue weighted by Gasteiger charge is -2.12. The molecule has 2 N–H and O–H groups in total. The first-order valence-electron chi connectivity index (χ1n) is 5.73. The summed E-state index contributed by atoms with van der Waals surface area (Å²) in [5, 5.41) is 10.1. The minimum atomic E-state index is -0.242. The average molecular weight is 224 g/mol. The molecule has 5 nitrogen and oxygen atoms in total. The quantitative estimate of drug-likeness (QED) is 0.665. The van der Waals surface area contributed by atoms with E-state index in [1.54, 1.807) is 17.1 Å². The van der Waals surface area contributed by atoms with Crippen LogP contribution in [0.1, 0.15) is 26.3 Å². The van der Waals surface area contributed by atoms with Gasteiger partial charge in [0.25, 0.3) is 0 Å². The molecule has 0 aromatic carbocycles. The van der Waals surface area contributed by atoms with Crippen molar-refractivity contribution < 1.29 is 4.79 Å². The molecule has 0 spiro atoms. The van der Waals surface area contributed by atoms with Crippen molar-refractivity contribution >= 4 is 5.91 Å². The van der Waals surface area contributed by atoms with Gasteiger partial charge in [-0.05, 0) is 32.5 Å². The van der Waals surface area contributed by atoms with Crippen LogP contribution in [0.2, 0.25) is 0 Å². The molecule has 0 radical (unpaired) electrons. The molecule has 16 heavy (non-hydrogen) atoms. The standard InChI is InChI=1S/C11H20N4O/c1-3-12-6-4-7-13-11(16)10(2)15-9-5-8-14-15/h5,8-10,12H,3-4,6-7H2,1-2H3,(H,13,16). The molecule has 0 aliphatic rings. The van der Waals surface area contributed by atoms with E-state index < -0.39 is 0 Å². The summed E-state index contributed by atoms with van der Waals surface area (Å²) in [4.78, 5) is 11.7. The maximum Gasteiger partial charge on any atom is 0.244 e. The fourth-order valence-corrected chi connectivity index (χ4v) is 1.38. The highest BCUT2D eigenvalue weighted by molar-refractivity contribution is 5.79. The number of nitrogens with one attached hydrogen (secondary N) is 2. The van der Waals surface area contributed by atoms with Gasteiger partial charge in [0.05, 0.1) is 0 Å². The molecule has 0 saturated heterocycles. The Labute approximate surface area is 96.2 Å². The molecule has 5 heteroatoms. The maximum absolute atomic E-state index is 11.7. The predicted molar refractivity (Wildman–Crippen MR) is 63.1 cm³/mol. The van der Waals surface area contributed by atoms with Crippen LogP contribution >= 0.6 is 0 Å². The van der Waals surface area contributed by atoms with Gasteiger partial charge in [-0.25, -0.2) is 0 Å². The van der Waals surface area contributed by atoms with Crippen molar-refractivity contribution in [3.05, 3.63) is 18.5 Å². The van der Waals surface area contributed by atoms with Gasteiger partial charge in [0.2, 0.25) is 5.91 Å². The normalized spacial score (nSPS) is 12.4. The Morgan fingerprint density at radius 1 is 1.50 bits per heavy atom. The monoisotopic (exact) mass is 224 g/mol. The lowest BCUT2D eigenvalue weighted by Crippen LogP contribution is -2.33. The highest BCUT2D eigenvalue weighted by Crippen LogP contribution is 2.02. The third kappa shape index (κ3) is 4.02. The van der Waals surface area contributed by atoms with Gasteiger partial charge in [0, 0.05) is 18.9 Å². The van der Waals surface area contributed by atoms with Gasteiger partial charge >= 0.3 is 0 Å². The number of aromatic nitrogens is 2. The zero-order valence-corrected chi connectivity index (χ0v) is 9.94. The van der Waals surface area contributed by atoms with Gasteiger partial charge in [-0.15, -0.1) is 0 Å². The van der Waals surface area contributed by atoms with Crippen molar-refractivity contribution in [2.24, 2.45) is 0 Å². The predicted octanol–water partition coefficient (Wildman–Crippen LogP) is 0.560. The molecule has 1 rings (SSSR count). The van der Waals surface area contributed by atoms with E-state index in [0.29, 0.717) is 6.54 Å². The van der Waals surface area contributed by atoms with E-state index in [1.807, 2.05) is 13.0 Å². The van der Waals surface area contributed by atoms with Crippen molar-refractivity contribution in [1.82, 2.24) is 20.4 Å². The van der Waals surface area contributed by atoms with Crippen molar-refractivity contribution in [2.45, 2.75) is 26.3 Å². The Kier molecular flexibility index (Phi) is 5.56. The summed E-state index contributed by atoms with van der Waals surface area (Å²) in [6.07, 6.45) is 4.42. The fraction of sp³-hybridized carbons (Fsp3) is 0.636. The van der Waals surface area contributed by atoms with Gasteiger partial charge in [-0.1, -0.05) is 6.92 Å². The molecule has 0 aliphatic carbocycles. The number of amides is 1. The Hall–Kier alpha value is -1.36. The number of carbonyl (C=O) groups excluding carboxylic acids is 1. The van der Waals surface area contributed by atoms with Crippen LogP contribution in [0.25, 0.3) is 0 Å². The average Bonchev–Trinajstić information content (AvgIpc) is 2.81. The summed E-state index contributed by atoms with van der Waals surface area (Å²) in [6.45, 7) is 6.52. The van der Waals surface area contributed by atoms with Crippen LogP contribution in [-0.4, -0.2) is 35.3 Å². The SMILES string of the molecule is CCNCCCNC(=O)C(C)n1cccn1. The molecular formula is C11H20N4O. The lowest BCUT2D eigenvalue weighted by atomic mass is 10.3. The smallest absolute Gasteiger partial charge is 0.244 e. The van der Waals surface area contributed by atoms with Gasteiger partial charge in [0.15, 0.2) is 0 Å². The van der Waals surface area contributed by atoms with Crippen molar-refractivity contribution in [2.75, 3.05) is 19.6 Å². The van der Waals surface area contributed by atoms with Gasteiger partial charge < -0.3 is 10.6 Å². The van der Waals surface area contributed by atoms with E-state index in [9.17, 15) is 4.79 Å². The summed E-state index contributed by atoms with van der Waals surface area (Å²) >= 11 is 0. The Balaban J connectivity index is 2.20. The minimum absolute atomic E-state index is 0.0141. The van der Waals surface area contributed by atoms with E-state index in [1.165, 1.54) is 0 Å². The van der Waals surface area contributed by atoms with Crippen LogP contribution in [-0.2, 0) is 4.79 Å². The Bertz CT molecular complexity index is 297. The first-order chi connectivity index (χ1) is 7.75. The number of hydrogen-bond donors (Lipinski definition) is 2. The van der Waals surface area contributed by atoms with E-state index in [-0.39, 0.29) is 11.9 Å².